The van der Waals surface area contributed by atoms with Crippen LogP contribution in [0.25, 0.3) is 11.0 Å². The third-order valence-electron chi connectivity index (χ3n) is 4.48. The van der Waals surface area contributed by atoms with Crippen molar-refractivity contribution in [3.05, 3.63) is 65.4 Å². The molecule has 0 aliphatic heterocycles. The number of carbonyl (C=O) groups is 1. The molecular formula is C22H26N2O3. The molecule has 1 N–H and O–H groups in total. The van der Waals surface area contributed by atoms with Gasteiger partial charge in [0, 0.05) is 17.5 Å². The van der Waals surface area contributed by atoms with E-state index >= 15 is 0 Å². The molecule has 27 heavy (non-hydrogen) atoms. The van der Waals surface area contributed by atoms with Crippen molar-refractivity contribution in [2.24, 2.45) is 0 Å². The van der Waals surface area contributed by atoms with E-state index in [0.717, 1.165) is 22.3 Å². The minimum absolute atomic E-state index is 0.125. The number of benzene rings is 2. The van der Waals surface area contributed by atoms with Crippen molar-refractivity contribution in [3.8, 4) is 5.75 Å². The van der Waals surface area contributed by atoms with Gasteiger partial charge in [0.25, 0.3) is 5.91 Å². The number of ether oxygens (including phenoxy) is 1. The first-order valence-corrected chi connectivity index (χ1v) is 9.16. The van der Waals surface area contributed by atoms with Crippen LogP contribution in [0.2, 0.25) is 0 Å². The van der Waals surface area contributed by atoms with Crippen LogP contribution in [0.4, 0.5) is 0 Å². The Labute approximate surface area is 159 Å². The number of likely N-dealkylation sites (N-methyl/N-ethyl adjacent to an activating group) is 1. The van der Waals surface area contributed by atoms with Gasteiger partial charge >= 0.3 is 0 Å². The van der Waals surface area contributed by atoms with Crippen LogP contribution < -0.4 is 10.1 Å². The molecule has 1 amide bonds. The van der Waals surface area contributed by atoms with E-state index in [2.05, 4.69) is 10.2 Å². The SMILES string of the molecule is CCOc1ccc2oc(C(=O)NC(CN(C)C)c3ccccc3)c(C)c2c1. The molecule has 1 atom stereocenters. The number of hydrogen-bond donors (Lipinski definition) is 1. The quantitative estimate of drug-likeness (QED) is 0.682. The average molecular weight is 366 g/mol. The maximum absolute atomic E-state index is 13.0. The topological polar surface area (TPSA) is 54.7 Å². The molecule has 1 unspecified atom stereocenters. The van der Waals surface area contributed by atoms with Gasteiger partial charge in [0.15, 0.2) is 5.76 Å². The fourth-order valence-electron chi connectivity index (χ4n) is 3.18. The number of nitrogens with zero attached hydrogens (tertiary/aromatic N) is 1. The molecule has 142 valence electrons. The summed E-state index contributed by atoms with van der Waals surface area (Å²) in [6.45, 7) is 5.14. The number of rotatable bonds is 7. The maximum atomic E-state index is 13.0. The maximum Gasteiger partial charge on any atom is 0.287 e. The summed E-state index contributed by atoms with van der Waals surface area (Å²) in [5, 5.41) is 4.02. The Balaban J connectivity index is 1.88. The second-order valence-corrected chi connectivity index (χ2v) is 6.85. The highest BCUT2D eigenvalue weighted by Gasteiger charge is 2.22. The highest BCUT2D eigenvalue weighted by Crippen LogP contribution is 2.29. The molecule has 5 nitrogen and oxygen atoms in total. The summed E-state index contributed by atoms with van der Waals surface area (Å²) >= 11 is 0. The number of nitrogens with one attached hydrogen (secondary N) is 1. The summed E-state index contributed by atoms with van der Waals surface area (Å²) in [7, 11) is 3.98. The molecular weight excluding hydrogens is 340 g/mol. The van der Waals surface area contributed by atoms with Crippen LogP contribution in [-0.4, -0.2) is 38.1 Å². The van der Waals surface area contributed by atoms with Crippen LogP contribution in [0.15, 0.2) is 52.9 Å². The van der Waals surface area contributed by atoms with Gasteiger partial charge in [-0.3, -0.25) is 4.79 Å². The Hall–Kier alpha value is -2.79. The van der Waals surface area contributed by atoms with Gasteiger partial charge in [0.05, 0.1) is 12.6 Å². The summed E-state index contributed by atoms with van der Waals surface area (Å²) in [6.07, 6.45) is 0. The van der Waals surface area contributed by atoms with Gasteiger partial charge in [0.2, 0.25) is 0 Å². The third kappa shape index (κ3) is 4.31. The lowest BCUT2D eigenvalue weighted by Gasteiger charge is -2.22. The number of fused-ring (bicyclic) bond motifs is 1. The first-order chi connectivity index (χ1) is 13.0. The van der Waals surface area contributed by atoms with Gasteiger partial charge < -0.3 is 19.4 Å². The molecule has 3 aromatic rings. The monoisotopic (exact) mass is 366 g/mol. The average Bonchev–Trinajstić information content (AvgIpc) is 2.98. The zero-order chi connectivity index (χ0) is 19.4. The van der Waals surface area contributed by atoms with E-state index in [9.17, 15) is 4.79 Å². The van der Waals surface area contributed by atoms with Crippen molar-refractivity contribution in [1.29, 1.82) is 0 Å². The summed E-state index contributed by atoms with van der Waals surface area (Å²) < 4.78 is 11.4. The van der Waals surface area contributed by atoms with E-state index < -0.39 is 0 Å². The fraction of sp³-hybridized carbons (Fsp3) is 0.318. The van der Waals surface area contributed by atoms with Gasteiger partial charge in [-0.1, -0.05) is 30.3 Å². The molecule has 0 aliphatic rings. The molecule has 0 spiro atoms. The van der Waals surface area contributed by atoms with Crippen molar-refractivity contribution in [2.45, 2.75) is 19.9 Å². The van der Waals surface area contributed by atoms with E-state index in [1.807, 2.05) is 76.5 Å². The molecule has 0 saturated heterocycles. The molecule has 0 radical (unpaired) electrons. The normalized spacial score (nSPS) is 12.3. The highest BCUT2D eigenvalue weighted by molar-refractivity contribution is 5.99. The second-order valence-electron chi connectivity index (χ2n) is 6.85. The molecule has 2 aromatic carbocycles. The number of aryl methyl sites for hydroxylation is 1. The molecule has 1 aromatic heterocycles. The molecule has 5 heteroatoms. The van der Waals surface area contributed by atoms with Gasteiger partial charge in [0.1, 0.15) is 11.3 Å². The van der Waals surface area contributed by atoms with Crippen LogP contribution in [0.3, 0.4) is 0 Å². The Bertz CT molecular complexity index is 916. The molecule has 0 saturated carbocycles. The van der Waals surface area contributed by atoms with Gasteiger partial charge in [-0.15, -0.1) is 0 Å². The Morgan fingerprint density at radius 2 is 1.93 bits per heavy atom. The van der Waals surface area contributed by atoms with Crippen molar-refractivity contribution in [3.63, 3.8) is 0 Å². The summed E-state index contributed by atoms with van der Waals surface area (Å²) in [6, 6.07) is 15.5. The van der Waals surface area contributed by atoms with Crippen LogP contribution in [0, 0.1) is 6.92 Å². The van der Waals surface area contributed by atoms with Crippen LogP contribution in [0.1, 0.15) is 34.6 Å². The summed E-state index contributed by atoms with van der Waals surface area (Å²) in [5.41, 5.74) is 2.57. The van der Waals surface area contributed by atoms with Crippen LogP contribution in [-0.2, 0) is 0 Å². The van der Waals surface area contributed by atoms with Crippen LogP contribution in [0.5, 0.6) is 5.75 Å². The first-order valence-electron chi connectivity index (χ1n) is 9.16. The van der Waals surface area contributed by atoms with Gasteiger partial charge in [-0.25, -0.2) is 0 Å². The molecule has 1 heterocycles. The van der Waals surface area contributed by atoms with E-state index in [-0.39, 0.29) is 11.9 Å². The van der Waals surface area contributed by atoms with Crippen molar-refractivity contribution in [2.75, 3.05) is 27.2 Å². The fourth-order valence-corrected chi connectivity index (χ4v) is 3.18. The van der Waals surface area contributed by atoms with E-state index in [1.54, 1.807) is 0 Å². The van der Waals surface area contributed by atoms with Crippen LogP contribution >= 0.6 is 0 Å². The predicted octanol–water partition coefficient (Wildman–Crippen LogP) is 4.17. The summed E-state index contributed by atoms with van der Waals surface area (Å²) in [4.78, 5) is 15.0. The number of amides is 1. The van der Waals surface area contributed by atoms with E-state index in [1.165, 1.54) is 0 Å². The van der Waals surface area contributed by atoms with Gasteiger partial charge in [-0.05, 0) is 51.7 Å². The van der Waals surface area contributed by atoms with E-state index in [0.29, 0.717) is 24.5 Å². The highest BCUT2D eigenvalue weighted by atomic mass is 16.5. The van der Waals surface area contributed by atoms with Crippen molar-refractivity contribution >= 4 is 16.9 Å². The molecule has 3 rings (SSSR count). The lowest BCUT2D eigenvalue weighted by Crippen LogP contribution is -2.35. The zero-order valence-electron chi connectivity index (χ0n) is 16.3. The zero-order valence-corrected chi connectivity index (χ0v) is 16.3. The molecule has 0 fully saturated rings. The Morgan fingerprint density at radius 3 is 2.59 bits per heavy atom. The molecule has 0 bridgehead atoms. The predicted molar refractivity (Wildman–Crippen MR) is 107 cm³/mol. The third-order valence-corrected chi connectivity index (χ3v) is 4.48. The number of furan rings is 1. The Morgan fingerprint density at radius 1 is 1.19 bits per heavy atom. The minimum Gasteiger partial charge on any atom is -0.494 e. The minimum atomic E-state index is -0.211. The number of carbonyl (C=O) groups excluding carboxylic acids is 1. The lowest BCUT2D eigenvalue weighted by molar-refractivity contribution is 0.0903. The largest absolute Gasteiger partial charge is 0.494 e. The van der Waals surface area contributed by atoms with E-state index in [4.69, 9.17) is 9.15 Å². The second kappa shape index (κ2) is 8.27. The number of hydrogen-bond acceptors (Lipinski definition) is 4. The lowest BCUT2D eigenvalue weighted by atomic mass is 10.1. The van der Waals surface area contributed by atoms with Crippen molar-refractivity contribution in [1.82, 2.24) is 10.2 Å². The molecule has 0 aliphatic carbocycles. The van der Waals surface area contributed by atoms with Gasteiger partial charge in [-0.2, -0.15) is 0 Å². The van der Waals surface area contributed by atoms with Crippen molar-refractivity contribution < 1.29 is 13.9 Å². The Kier molecular flexibility index (Phi) is 5.81. The summed E-state index contributed by atoms with van der Waals surface area (Å²) in [5.74, 6) is 0.909. The standard InChI is InChI=1S/C22H26N2O3/c1-5-26-17-11-12-20-18(13-17)15(2)21(27-20)22(25)23-19(14-24(3)4)16-9-7-6-8-10-16/h6-13,19H,5,14H2,1-4H3,(H,23,25). The smallest absolute Gasteiger partial charge is 0.287 e. The first kappa shape index (κ1) is 19.0.